The summed E-state index contributed by atoms with van der Waals surface area (Å²) in [6.45, 7) is 20.0. The van der Waals surface area contributed by atoms with E-state index in [0.717, 1.165) is 25.4 Å². The molecule has 1 unspecified atom stereocenters. The highest BCUT2D eigenvalue weighted by Crippen LogP contribution is 2.29. The van der Waals surface area contributed by atoms with Crippen molar-refractivity contribution >= 4 is 27.5 Å². The molecular formula is C23H47N3O3S2. The Hall–Kier alpha value is -0.430. The zero-order chi connectivity index (χ0) is 23.7. The molecule has 184 valence electrons. The Labute approximate surface area is 199 Å². The maximum Gasteiger partial charge on any atom is 0.223 e. The lowest BCUT2D eigenvalue weighted by atomic mass is 10.2. The van der Waals surface area contributed by atoms with Crippen molar-refractivity contribution in [3.63, 3.8) is 0 Å². The molecule has 31 heavy (non-hydrogen) atoms. The summed E-state index contributed by atoms with van der Waals surface area (Å²) >= 11 is 0. The lowest BCUT2D eigenvalue weighted by Crippen LogP contribution is -2.33. The van der Waals surface area contributed by atoms with E-state index in [9.17, 15) is 4.79 Å². The fraction of sp³-hybridized carbons (Fsp3) is 0.870. The van der Waals surface area contributed by atoms with E-state index in [1.807, 2.05) is 49.3 Å². The van der Waals surface area contributed by atoms with Gasteiger partial charge in [-0.1, -0.05) is 81.9 Å². The summed E-state index contributed by atoms with van der Waals surface area (Å²) in [5.41, 5.74) is 0. The van der Waals surface area contributed by atoms with Gasteiger partial charge in [0.1, 0.15) is 0 Å². The van der Waals surface area contributed by atoms with Crippen LogP contribution in [0.25, 0.3) is 0 Å². The molecule has 0 saturated heterocycles. The monoisotopic (exact) mass is 477 g/mol. The van der Waals surface area contributed by atoms with Crippen molar-refractivity contribution in [1.82, 2.24) is 16.0 Å². The van der Waals surface area contributed by atoms with Crippen LogP contribution in [0.1, 0.15) is 54.9 Å². The summed E-state index contributed by atoms with van der Waals surface area (Å²) in [7, 11) is 3.81. The summed E-state index contributed by atoms with van der Waals surface area (Å²) in [5, 5.41) is 10.1. The van der Waals surface area contributed by atoms with Crippen LogP contribution < -0.4 is 16.0 Å². The van der Waals surface area contributed by atoms with Crippen molar-refractivity contribution in [3.8, 4) is 11.8 Å². The van der Waals surface area contributed by atoms with Crippen molar-refractivity contribution in [2.75, 3.05) is 58.4 Å². The standard InChI is InChI=1S/C21H41N3O3S2.C2H6/c1-6-22-12-17-28-29-21(19(4)5)24-11-14-27-16-15-26-13-9-20(25)23-10-7-8-18(2)3;1-2/h18-19,21-22,24H,6,9-17H2,1-5H3,(H,23,25);1-2H3. The highest BCUT2D eigenvalue weighted by atomic mass is 33.1. The Morgan fingerprint density at radius 2 is 1.68 bits per heavy atom. The first-order valence-corrected chi connectivity index (χ1v) is 14.0. The van der Waals surface area contributed by atoms with Gasteiger partial charge in [0.05, 0.1) is 38.3 Å². The van der Waals surface area contributed by atoms with Crippen molar-refractivity contribution in [2.45, 2.75) is 60.3 Å². The van der Waals surface area contributed by atoms with Crippen LogP contribution in [0.4, 0.5) is 0 Å². The molecule has 0 rings (SSSR count). The number of carbonyl (C=O) groups is 1. The van der Waals surface area contributed by atoms with Gasteiger partial charge in [-0.15, -0.1) is 0 Å². The zero-order valence-electron chi connectivity index (χ0n) is 20.8. The normalized spacial score (nSPS) is 11.5. The molecule has 0 saturated carbocycles. The highest BCUT2D eigenvalue weighted by Gasteiger charge is 2.13. The molecule has 0 fully saturated rings. The maximum atomic E-state index is 11.6. The number of hydrogen-bond acceptors (Lipinski definition) is 7. The smallest absolute Gasteiger partial charge is 0.223 e. The van der Waals surface area contributed by atoms with Crippen molar-refractivity contribution in [1.29, 1.82) is 0 Å². The molecule has 1 amide bonds. The first kappa shape index (κ1) is 32.7. The van der Waals surface area contributed by atoms with E-state index in [4.69, 9.17) is 9.47 Å². The molecule has 0 heterocycles. The largest absolute Gasteiger partial charge is 0.379 e. The van der Waals surface area contributed by atoms with Crippen LogP contribution in [-0.2, 0) is 14.3 Å². The number of hydrogen-bond donors (Lipinski definition) is 3. The number of ether oxygens (including phenoxy) is 2. The summed E-state index contributed by atoms with van der Waals surface area (Å²) in [6, 6.07) is 0. The summed E-state index contributed by atoms with van der Waals surface area (Å²) < 4.78 is 11.0. The molecule has 0 aromatic carbocycles. The molecular weight excluding hydrogens is 430 g/mol. The average Bonchev–Trinajstić information content (AvgIpc) is 2.75. The predicted molar refractivity (Wildman–Crippen MR) is 138 cm³/mol. The van der Waals surface area contributed by atoms with Gasteiger partial charge in [-0.05, 0) is 12.5 Å². The van der Waals surface area contributed by atoms with Gasteiger partial charge < -0.3 is 25.4 Å². The van der Waals surface area contributed by atoms with Gasteiger partial charge in [0.25, 0.3) is 0 Å². The molecule has 8 heteroatoms. The van der Waals surface area contributed by atoms with E-state index in [1.54, 1.807) is 0 Å². The SMILES string of the molecule is CC.CCNCCSSC(NCCOCCOCCC(=O)NCC#CC(C)C)C(C)C. The third-order valence-electron chi connectivity index (χ3n) is 3.59. The van der Waals surface area contributed by atoms with E-state index >= 15 is 0 Å². The third-order valence-corrected chi connectivity index (χ3v) is 6.55. The van der Waals surface area contributed by atoms with E-state index in [1.165, 1.54) is 0 Å². The Morgan fingerprint density at radius 3 is 2.29 bits per heavy atom. The van der Waals surface area contributed by atoms with Crippen molar-refractivity contribution < 1.29 is 14.3 Å². The number of amides is 1. The molecule has 0 aliphatic carbocycles. The predicted octanol–water partition coefficient (Wildman–Crippen LogP) is 3.77. The lowest BCUT2D eigenvalue weighted by Gasteiger charge is -2.21. The molecule has 3 N–H and O–H groups in total. The topological polar surface area (TPSA) is 71.6 Å². The molecule has 0 aliphatic rings. The van der Waals surface area contributed by atoms with Crippen molar-refractivity contribution in [2.24, 2.45) is 11.8 Å². The molecule has 6 nitrogen and oxygen atoms in total. The molecule has 0 aliphatic heterocycles. The van der Waals surface area contributed by atoms with E-state index in [0.29, 0.717) is 56.6 Å². The highest BCUT2D eigenvalue weighted by molar-refractivity contribution is 8.76. The average molecular weight is 478 g/mol. The lowest BCUT2D eigenvalue weighted by molar-refractivity contribution is -0.122. The van der Waals surface area contributed by atoms with Gasteiger partial charge in [-0.3, -0.25) is 4.79 Å². The molecule has 0 radical (unpaired) electrons. The van der Waals surface area contributed by atoms with Crippen LogP contribution in [0.15, 0.2) is 0 Å². The van der Waals surface area contributed by atoms with Crippen LogP contribution in [0.5, 0.6) is 0 Å². The molecule has 0 aromatic rings. The minimum absolute atomic E-state index is 0.0336. The first-order chi connectivity index (χ1) is 15.0. The van der Waals surface area contributed by atoms with Gasteiger partial charge in [-0.2, -0.15) is 0 Å². The Kier molecular flexibility index (Phi) is 27.3. The van der Waals surface area contributed by atoms with E-state index < -0.39 is 0 Å². The fourth-order valence-electron chi connectivity index (χ4n) is 2.04. The van der Waals surface area contributed by atoms with E-state index in [-0.39, 0.29) is 5.91 Å². The number of rotatable bonds is 18. The Bertz CT molecular complexity index is 455. The second kappa shape index (κ2) is 25.8. The second-order valence-corrected chi connectivity index (χ2v) is 9.75. The maximum absolute atomic E-state index is 11.6. The summed E-state index contributed by atoms with van der Waals surface area (Å²) in [4.78, 5) is 11.6. The van der Waals surface area contributed by atoms with Gasteiger partial charge in [0.2, 0.25) is 5.91 Å². The second-order valence-electron chi connectivity index (χ2n) is 7.12. The minimum Gasteiger partial charge on any atom is -0.379 e. The molecule has 1 atom stereocenters. The van der Waals surface area contributed by atoms with Crippen LogP contribution in [0, 0.1) is 23.7 Å². The van der Waals surface area contributed by atoms with Gasteiger partial charge in [0, 0.05) is 31.2 Å². The Morgan fingerprint density at radius 1 is 1.00 bits per heavy atom. The van der Waals surface area contributed by atoms with Crippen LogP contribution in [0.3, 0.4) is 0 Å². The van der Waals surface area contributed by atoms with Crippen LogP contribution in [0.2, 0.25) is 0 Å². The van der Waals surface area contributed by atoms with Gasteiger partial charge in [-0.25, -0.2) is 0 Å². The van der Waals surface area contributed by atoms with Crippen LogP contribution >= 0.6 is 21.6 Å². The van der Waals surface area contributed by atoms with Crippen LogP contribution in [-0.4, -0.2) is 69.6 Å². The molecule has 0 bridgehead atoms. The third kappa shape index (κ3) is 25.7. The molecule has 0 aromatic heterocycles. The fourth-order valence-corrected chi connectivity index (χ4v) is 4.77. The number of nitrogens with one attached hydrogen (secondary N) is 3. The van der Waals surface area contributed by atoms with E-state index in [2.05, 4.69) is 48.6 Å². The zero-order valence-corrected chi connectivity index (χ0v) is 22.5. The quantitative estimate of drug-likeness (QED) is 0.120. The first-order valence-electron chi connectivity index (χ1n) is 11.6. The number of carbonyl (C=O) groups excluding carboxylic acids is 1. The Balaban J connectivity index is 0. The van der Waals surface area contributed by atoms with Crippen molar-refractivity contribution in [3.05, 3.63) is 0 Å². The summed E-state index contributed by atoms with van der Waals surface area (Å²) in [6.07, 6.45) is 0.351. The molecule has 0 spiro atoms. The summed E-state index contributed by atoms with van der Waals surface area (Å²) in [5.74, 6) is 7.91. The van der Waals surface area contributed by atoms with Gasteiger partial charge >= 0.3 is 0 Å². The minimum atomic E-state index is -0.0336. The van der Waals surface area contributed by atoms with Gasteiger partial charge in [0.15, 0.2) is 0 Å².